The summed E-state index contributed by atoms with van der Waals surface area (Å²) >= 11 is 0. The highest BCUT2D eigenvalue weighted by Crippen LogP contribution is 2.26. The first kappa shape index (κ1) is 19.0. The lowest BCUT2D eigenvalue weighted by Crippen LogP contribution is -1.99. The van der Waals surface area contributed by atoms with E-state index in [0.29, 0.717) is 5.56 Å². The van der Waals surface area contributed by atoms with E-state index in [4.69, 9.17) is 4.74 Å². The lowest BCUT2D eigenvalue weighted by atomic mass is 10.00. The summed E-state index contributed by atoms with van der Waals surface area (Å²) in [6, 6.07) is 14.7. The van der Waals surface area contributed by atoms with Crippen molar-refractivity contribution in [3.8, 4) is 16.9 Å². The molecule has 0 spiro atoms. The third-order valence-corrected chi connectivity index (χ3v) is 4.34. The number of hydrogen-bond acceptors (Lipinski definition) is 2. The second-order valence-electron chi connectivity index (χ2n) is 6.34. The van der Waals surface area contributed by atoms with Crippen molar-refractivity contribution in [1.29, 1.82) is 0 Å². The Morgan fingerprint density at radius 1 is 0.880 bits per heavy atom. The molecule has 0 amide bonds. The molecule has 2 aromatic rings. The Kier molecular flexibility index (Phi) is 8.03. The van der Waals surface area contributed by atoms with Crippen LogP contribution in [0.1, 0.15) is 62.2 Å². The van der Waals surface area contributed by atoms with Crippen molar-refractivity contribution >= 4 is 5.97 Å². The number of carbonyl (C=O) groups is 1. The SMILES string of the molecule is CCCCCCCCCOc1ccc(-c2ccccc2C(=O)O)cc1. The molecule has 3 heteroatoms. The van der Waals surface area contributed by atoms with E-state index in [1.807, 2.05) is 36.4 Å². The summed E-state index contributed by atoms with van der Waals surface area (Å²) in [5.74, 6) is -0.0718. The molecule has 2 rings (SSSR count). The van der Waals surface area contributed by atoms with E-state index in [1.165, 1.54) is 38.5 Å². The highest BCUT2D eigenvalue weighted by molar-refractivity contribution is 5.96. The molecule has 2 aromatic carbocycles. The van der Waals surface area contributed by atoms with Gasteiger partial charge < -0.3 is 9.84 Å². The van der Waals surface area contributed by atoms with E-state index in [1.54, 1.807) is 12.1 Å². The minimum Gasteiger partial charge on any atom is -0.494 e. The number of ether oxygens (including phenoxy) is 1. The summed E-state index contributed by atoms with van der Waals surface area (Å²) in [5, 5.41) is 9.29. The zero-order chi connectivity index (χ0) is 17.9. The third-order valence-electron chi connectivity index (χ3n) is 4.34. The van der Waals surface area contributed by atoms with E-state index in [9.17, 15) is 9.90 Å². The highest BCUT2D eigenvalue weighted by Gasteiger charge is 2.10. The Balaban J connectivity index is 1.80. The predicted octanol–water partition coefficient (Wildman–Crippen LogP) is 6.18. The van der Waals surface area contributed by atoms with E-state index in [2.05, 4.69) is 6.92 Å². The molecule has 0 aromatic heterocycles. The molecule has 0 radical (unpaired) electrons. The largest absolute Gasteiger partial charge is 0.494 e. The Hall–Kier alpha value is -2.29. The number of unbranched alkanes of at least 4 members (excludes halogenated alkanes) is 6. The molecular weight excluding hydrogens is 312 g/mol. The van der Waals surface area contributed by atoms with Gasteiger partial charge in [-0.15, -0.1) is 0 Å². The van der Waals surface area contributed by atoms with Crippen LogP contribution in [0.5, 0.6) is 5.75 Å². The molecular formula is C22H28O3. The fourth-order valence-electron chi connectivity index (χ4n) is 2.90. The van der Waals surface area contributed by atoms with Gasteiger partial charge in [0.05, 0.1) is 12.2 Å². The summed E-state index contributed by atoms with van der Waals surface area (Å²) in [6.45, 7) is 2.97. The van der Waals surface area contributed by atoms with Crippen LogP contribution in [0.4, 0.5) is 0 Å². The summed E-state index contributed by atoms with van der Waals surface area (Å²) in [5.41, 5.74) is 1.94. The Morgan fingerprint density at radius 2 is 1.52 bits per heavy atom. The summed E-state index contributed by atoms with van der Waals surface area (Å²) in [7, 11) is 0. The maximum atomic E-state index is 11.3. The van der Waals surface area contributed by atoms with Crippen LogP contribution in [0.25, 0.3) is 11.1 Å². The second-order valence-corrected chi connectivity index (χ2v) is 6.34. The molecule has 134 valence electrons. The van der Waals surface area contributed by atoms with Gasteiger partial charge >= 0.3 is 5.97 Å². The van der Waals surface area contributed by atoms with E-state index in [0.717, 1.165) is 29.9 Å². The van der Waals surface area contributed by atoms with Gasteiger partial charge in [-0.3, -0.25) is 0 Å². The Morgan fingerprint density at radius 3 is 2.20 bits per heavy atom. The van der Waals surface area contributed by atoms with Crippen LogP contribution in [0.2, 0.25) is 0 Å². The fraction of sp³-hybridized carbons (Fsp3) is 0.409. The Labute approximate surface area is 150 Å². The third kappa shape index (κ3) is 6.26. The van der Waals surface area contributed by atoms with Gasteiger partial charge in [0.15, 0.2) is 0 Å². The number of benzene rings is 2. The molecule has 0 aliphatic heterocycles. The summed E-state index contributed by atoms with van der Waals surface area (Å²) < 4.78 is 5.79. The van der Waals surface area contributed by atoms with Crippen molar-refractivity contribution in [2.45, 2.75) is 51.9 Å². The van der Waals surface area contributed by atoms with Gasteiger partial charge in [0.2, 0.25) is 0 Å². The van der Waals surface area contributed by atoms with Gasteiger partial charge in [-0.2, -0.15) is 0 Å². The van der Waals surface area contributed by atoms with Crippen molar-refractivity contribution < 1.29 is 14.6 Å². The zero-order valence-corrected chi connectivity index (χ0v) is 15.0. The first-order valence-electron chi connectivity index (χ1n) is 9.28. The van der Waals surface area contributed by atoms with Crippen molar-refractivity contribution in [1.82, 2.24) is 0 Å². The van der Waals surface area contributed by atoms with Gasteiger partial charge in [0.25, 0.3) is 0 Å². The normalized spacial score (nSPS) is 10.6. The predicted molar refractivity (Wildman–Crippen MR) is 102 cm³/mol. The van der Waals surface area contributed by atoms with Crippen LogP contribution in [-0.2, 0) is 0 Å². The van der Waals surface area contributed by atoms with Crippen molar-refractivity contribution in [2.24, 2.45) is 0 Å². The molecule has 1 N–H and O–H groups in total. The number of hydrogen-bond donors (Lipinski definition) is 1. The average Bonchev–Trinajstić information content (AvgIpc) is 2.64. The first-order valence-corrected chi connectivity index (χ1v) is 9.28. The maximum absolute atomic E-state index is 11.3. The molecule has 0 aliphatic rings. The monoisotopic (exact) mass is 340 g/mol. The number of aromatic carboxylic acids is 1. The van der Waals surface area contributed by atoms with Crippen molar-refractivity contribution in [3.05, 3.63) is 54.1 Å². The minimum absolute atomic E-state index is 0.319. The Bertz CT molecular complexity index is 647. The van der Waals surface area contributed by atoms with Gasteiger partial charge in [-0.1, -0.05) is 75.8 Å². The molecule has 25 heavy (non-hydrogen) atoms. The van der Waals surface area contributed by atoms with Crippen LogP contribution in [0, 0.1) is 0 Å². The molecule has 0 aliphatic carbocycles. The average molecular weight is 340 g/mol. The van der Waals surface area contributed by atoms with Gasteiger partial charge in [-0.05, 0) is 35.7 Å². The summed E-state index contributed by atoms with van der Waals surface area (Å²) in [6.07, 6.45) is 8.88. The molecule has 0 atom stereocenters. The van der Waals surface area contributed by atoms with E-state index >= 15 is 0 Å². The second kappa shape index (κ2) is 10.5. The fourth-order valence-corrected chi connectivity index (χ4v) is 2.90. The van der Waals surface area contributed by atoms with E-state index in [-0.39, 0.29) is 0 Å². The van der Waals surface area contributed by atoms with Crippen LogP contribution in [0.3, 0.4) is 0 Å². The molecule has 3 nitrogen and oxygen atoms in total. The molecule has 0 heterocycles. The first-order chi connectivity index (χ1) is 12.2. The number of carboxylic acids is 1. The van der Waals surface area contributed by atoms with Crippen molar-refractivity contribution in [2.75, 3.05) is 6.61 Å². The van der Waals surface area contributed by atoms with Crippen LogP contribution >= 0.6 is 0 Å². The molecule has 0 saturated carbocycles. The van der Waals surface area contributed by atoms with Crippen molar-refractivity contribution in [3.63, 3.8) is 0 Å². The topological polar surface area (TPSA) is 46.5 Å². The number of carboxylic acid groups (broad SMARTS) is 1. The van der Waals surface area contributed by atoms with Crippen LogP contribution < -0.4 is 4.74 Å². The van der Waals surface area contributed by atoms with Crippen LogP contribution in [0.15, 0.2) is 48.5 Å². The lowest BCUT2D eigenvalue weighted by Gasteiger charge is -2.09. The quantitative estimate of drug-likeness (QED) is 0.497. The smallest absolute Gasteiger partial charge is 0.336 e. The minimum atomic E-state index is -0.908. The van der Waals surface area contributed by atoms with Crippen LogP contribution in [-0.4, -0.2) is 17.7 Å². The lowest BCUT2D eigenvalue weighted by molar-refractivity contribution is 0.0697. The molecule has 0 bridgehead atoms. The van der Waals surface area contributed by atoms with Gasteiger partial charge in [0.1, 0.15) is 5.75 Å². The van der Waals surface area contributed by atoms with Gasteiger partial charge in [-0.25, -0.2) is 4.79 Å². The van der Waals surface area contributed by atoms with Gasteiger partial charge in [0, 0.05) is 0 Å². The summed E-state index contributed by atoms with van der Waals surface area (Å²) in [4.78, 5) is 11.3. The zero-order valence-electron chi connectivity index (χ0n) is 15.0. The highest BCUT2D eigenvalue weighted by atomic mass is 16.5. The molecule has 0 fully saturated rings. The maximum Gasteiger partial charge on any atom is 0.336 e. The van der Waals surface area contributed by atoms with E-state index < -0.39 is 5.97 Å². The number of rotatable bonds is 11. The standard InChI is InChI=1S/C22H28O3/c1-2-3-4-5-6-7-10-17-25-19-15-13-18(14-16-19)20-11-8-9-12-21(20)22(23)24/h8-9,11-16H,2-7,10,17H2,1H3,(H,23,24). The molecule has 0 saturated heterocycles. The molecule has 0 unspecified atom stereocenters.